The van der Waals surface area contributed by atoms with Crippen molar-refractivity contribution < 1.29 is 9.47 Å². The van der Waals surface area contributed by atoms with Crippen molar-refractivity contribution in [1.82, 2.24) is 20.5 Å². The SMILES string of the molecule is COc1nccc2ccc(-c3ccc(OC4CC(C)(C)NC(C)(C)C4)nn3)cc12. The molecular formula is C23H28N4O2. The largest absolute Gasteiger partial charge is 0.481 e. The summed E-state index contributed by atoms with van der Waals surface area (Å²) >= 11 is 0. The van der Waals surface area contributed by atoms with E-state index in [4.69, 9.17) is 9.47 Å². The van der Waals surface area contributed by atoms with Gasteiger partial charge in [-0.2, -0.15) is 0 Å². The Morgan fingerprint density at radius 2 is 1.72 bits per heavy atom. The molecule has 152 valence electrons. The minimum absolute atomic E-state index is 0.0258. The number of benzene rings is 1. The molecular weight excluding hydrogens is 364 g/mol. The van der Waals surface area contributed by atoms with Crippen LogP contribution in [-0.2, 0) is 0 Å². The molecule has 0 radical (unpaired) electrons. The third-order valence-electron chi connectivity index (χ3n) is 5.30. The normalized spacial score (nSPS) is 18.5. The summed E-state index contributed by atoms with van der Waals surface area (Å²) in [5.74, 6) is 1.17. The third kappa shape index (κ3) is 4.32. The van der Waals surface area contributed by atoms with Gasteiger partial charge in [0, 0.05) is 47.1 Å². The molecule has 1 aromatic carbocycles. The van der Waals surface area contributed by atoms with Crippen LogP contribution in [0, 0.1) is 0 Å². The van der Waals surface area contributed by atoms with Crippen LogP contribution in [0.15, 0.2) is 42.6 Å². The van der Waals surface area contributed by atoms with Crippen LogP contribution in [0.25, 0.3) is 22.0 Å². The van der Waals surface area contributed by atoms with Crippen LogP contribution in [0.4, 0.5) is 0 Å². The standard InChI is InChI=1S/C23H28N4O2/c1-22(2)13-17(14-23(3,4)27-22)29-20-9-8-19(25-26-20)16-7-6-15-10-11-24-21(28-5)18(15)12-16/h6-12,17,27H,13-14H2,1-5H3. The van der Waals surface area contributed by atoms with Gasteiger partial charge in [-0.3, -0.25) is 0 Å². The van der Waals surface area contributed by atoms with Crippen LogP contribution in [0.5, 0.6) is 11.8 Å². The van der Waals surface area contributed by atoms with E-state index in [0.29, 0.717) is 11.8 Å². The van der Waals surface area contributed by atoms with Gasteiger partial charge in [-0.05, 0) is 51.3 Å². The maximum Gasteiger partial charge on any atom is 0.233 e. The van der Waals surface area contributed by atoms with E-state index in [1.165, 1.54) is 0 Å². The van der Waals surface area contributed by atoms with Gasteiger partial charge in [-0.15, -0.1) is 10.2 Å². The van der Waals surface area contributed by atoms with Gasteiger partial charge >= 0.3 is 0 Å². The van der Waals surface area contributed by atoms with E-state index < -0.39 is 0 Å². The average molecular weight is 393 g/mol. The van der Waals surface area contributed by atoms with Crippen LogP contribution < -0.4 is 14.8 Å². The molecule has 0 amide bonds. The summed E-state index contributed by atoms with van der Waals surface area (Å²) < 4.78 is 11.6. The first-order valence-corrected chi connectivity index (χ1v) is 9.98. The molecule has 1 fully saturated rings. The van der Waals surface area contributed by atoms with E-state index in [0.717, 1.165) is 34.9 Å². The maximum atomic E-state index is 6.18. The Bertz CT molecular complexity index is 999. The van der Waals surface area contributed by atoms with Crippen LogP contribution >= 0.6 is 0 Å². The van der Waals surface area contributed by atoms with Gasteiger partial charge < -0.3 is 14.8 Å². The van der Waals surface area contributed by atoms with Gasteiger partial charge in [0.15, 0.2) is 0 Å². The lowest BCUT2D eigenvalue weighted by atomic mass is 9.81. The number of hydrogen-bond acceptors (Lipinski definition) is 6. The van der Waals surface area contributed by atoms with Crippen molar-refractivity contribution in [2.75, 3.05) is 7.11 Å². The van der Waals surface area contributed by atoms with Gasteiger partial charge in [0.1, 0.15) is 6.10 Å². The highest BCUT2D eigenvalue weighted by atomic mass is 16.5. The lowest BCUT2D eigenvalue weighted by molar-refractivity contribution is 0.0524. The molecule has 3 aromatic rings. The molecule has 1 aliphatic heterocycles. The summed E-state index contributed by atoms with van der Waals surface area (Å²) in [6, 6.07) is 11.9. The zero-order valence-electron chi connectivity index (χ0n) is 17.7. The predicted molar refractivity (Wildman–Crippen MR) is 114 cm³/mol. The van der Waals surface area contributed by atoms with Crippen molar-refractivity contribution >= 4 is 10.8 Å². The topological polar surface area (TPSA) is 69.2 Å². The monoisotopic (exact) mass is 392 g/mol. The van der Waals surface area contributed by atoms with Crippen molar-refractivity contribution in [1.29, 1.82) is 0 Å². The second-order valence-electron chi connectivity index (χ2n) is 9.05. The number of nitrogens with zero attached hydrogens (tertiary/aromatic N) is 3. The Labute approximate surface area is 171 Å². The molecule has 3 heterocycles. The van der Waals surface area contributed by atoms with E-state index in [-0.39, 0.29) is 17.2 Å². The average Bonchev–Trinajstić information content (AvgIpc) is 2.65. The quantitative estimate of drug-likeness (QED) is 0.710. The fourth-order valence-corrected chi connectivity index (χ4v) is 4.48. The number of methoxy groups -OCH3 is 1. The van der Waals surface area contributed by atoms with Crippen LogP contribution in [0.3, 0.4) is 0 Å². The Morgan fingerprint density at radius 1 is 0.966 bits per heavy atom. The van der Waals surface area contributed by atoms with Crippen molar-refractivity contribution in [2.24, 2.45) is 0 Å². The van der Waals surface area contributed by atoms with Crippen molar-refractivity contribution in [3.8, 4) is 23.0 Å². The van der Waals surface area contributed by atoms with E-state index in [2.05, 4.69) is 48.2 Å². The number of rotatable bonds is 4. The summed E-state index contributed by atoms with van der Waals surface area (Å²) in [6.07, 6.45) is 3.71. The fourth-order valence-electron chi connectivity index (χ4n) is 4.48. The molecule has 0 atom stereocenters. The van der Waals surface area contributed by atoms with Gasteiger partial charge in [0.2, 0.25) is 11.8 Å². The molecule has 0 spiro atoms. The van der Waals surface area contributed by atoms with E-state index in [9.17, 15) is 0 Å². The second-order valence-corrected chi connectivity index (χ2v) is 9.05. The summed E-state index contributed by atoms with van der Waals surface area (Å²) in [6.45, 7) is 8.84. The summed E-state index contributed by atoms with van der Waals surface area (Å²) in [5.41, 5.74) is 1.80. The number of piperidine rings is 1. The third-order valence-corrected chi connectivity index (χ3v) is 5.30. The molecule has 6 heteroatoms. The molecule has 0 bridgehead atoms. The maximum absolute atomic E-state index is 6.18. The van der Waals surface area contributed by atoms with Crippen molar-refractivity contribution in [3.05, 3.63) is 42.6 Å². The summed E-state index contributed by atoms with van der Waals surface area (Å²) in [4.78, 5) is 4.28. The van der Waals surface area contributed by atoms with E-state index in [1.807, 2.05) is 36.4 Å². The minimum Gasteiger partial charge on any atom is -0.481 e. The first kappa shape index (κ1) is 19.6. The molecule has 29 heavy (non-hydrogen) atoms. The number of ether oxygens (including phenoxy) is 2. The predicted octanol–water partition coefficient (Wildman–Crippen LogP) is 4.39. The number of aromatic nitrogens is 3. The van der Waals surface area contributed by atoms with Gasteiger partial charge in [-0.1, -0.05) is 12.1 Å². The molecule has 0 saturated carbocycles. The second kappa shape index (κ2) is 7.26. The summed E-state index contributed by atoms with van der Waals surface area (Å²) in [7, 11) is 1.63. The van der Waals surface area contributed by atoms with Crippen LogP contribution in [0.2, 0.25) is 0 Å². The molecule has 1 aliphatic rings. The highest BCUT2D eigenvalue weighted by Crippen LogP contribution is 2.32. The van der Waals surface area contributed by atoms with Gasteiger partial charge in [-0.25, -0.2) is 4.98 Å². The molecule has 6 nitrogen and oxygen atoms in total. The van der Waals surface area contributed by atoms with Crippen molar-refractivity contribution in [2.45, 2.75) is 57.7 Å². The Hall–Kier alpha value is -2.73. The zero-order chi connectivity index (χ0) is 20.6. The van der Waals surface area contributed by atoms with Gasteiger partial charge in [0.05, 0.1) is 12.8 Å². The lowest BCUT2D eigenvalue weighted by Gasteiger charge is -2.46. The smallest absolute Gasteiger partial charge is 0.233 e. The van der Waals surface area contributed by atoms with Crippen LogP contribution in [0.1, 0.15) is 40.5 Å². The highest BCUT2D eigenvalue weighted by molar-refractivity contribution is 5.90. The molecule has 1 saturated heterocycles. The zero-order valence-corrected chi connectivity index (χ0v) is 17.7. The highest BCUT2D eigenvalue weighted by Gasteiger charge is 2.38. The molecule has 1 N–H and O–H groups in total. The van der Waals surface area contributed by atoms with Crippen molar-refractivity contribution in [3.63, 3.8) is 0 Å². The number of fused-ring (bicyclic) bond motifs is 1. The Morgan fingerprint density at radius 3 is 2.38 bits per heavy atom. The first-order valence-electron chi connectivity index (χ1n) is 9.98. The fraction of sp³-hybridized carbons (Fsp3) is 0.435. The summed E-state index contributed by atoms with van der Waals surface area (Å²) in [5, 5.41) is 14.4. The van der Waals surface area contributed by atoms with Gasteiger partial charge in [0.25, 0.3) is 0 Å². The number of nitrogens with one attached hydrogen (secondary N) is 1. The molecule has 0 aliphatic carbocycles. The molecule has 0 unspecified atom stereocenters. The van der Waals surface area contributed by atoms with Crippen LogP contribution in [-0.4, -0.2) is 39.5 Å². The van der Waals surface area contributed by atoms with E-state index >= 15 is 0 Å². The lowest BCUT2D eigenvalue weighted by Crippen LogP contribution is -2.60. The Kier molecular flexibility index (Phi) is 4.90. The Balaban J connectivity index is 1.55. The molecule has 2 aromatic heterocycles. The van der Waals surface area contributed by atoms with E-state index in [1.54, 1.807) is 13.3 Å². The minimum atomic E-state index is 0.0258. The number of hydrogen-bond donors (Lipinski definition) is 1. The first-order chi connectivity index (χ1) is 13.7. The number of pyridine rings is 1. The molecule has 4 rings (SSSR count).